The number of carbonyl (C=O) groups excluding carboxylic acids is 1. The Balaban J connectivity index is 1.25. The van der Waals surface area contributed by atoms with E-state index in [1.54, 1.807) is 6.07 Å². The van der Waals surface area contributed by atoms with Crippen LogP contribution in [0.5, 0.6) is 11.8 Å². The molecule has 1 aromatic heterocycles. The van der Waals surface area contributed by atoms with E-state index < -0.39 is 12.8 Å². The monoisotopic (exact) mass is 703 g/mol. The highest BCUT2D eigenvalue weighted by molar-refractivity contribution is 6.05. The summed E-state index contributed by atoms with van der Waals surface area (Å²) >= 11 is 0. The highest BCUT2D eigenvalue weighted by Gasteiger charge is 2.47. The van der Waals surface area contributed by atoms with Crippen LogP contribution in [0.2, 0.25) is 0 Å². The molecule has 0 unspecified atom stereocenters. The number of nitrogen functional groups attached to an aromatic ring is 1. The smallest absolute Gasteiger partial charge is 0.422 e. The first kappa shape index (κ1) is 33.7. The van der Waals surface area contributed by atoms with Gasteiger partial charge in [0.1, 0.15) is 17.4 Å². The molecular formula is C38H44F3N7O3. The predicted octanol–water partition coefficient (Wildman–Crippen LogP) is 6.23. The lowest BCUT2D eigenvalue weighted by Crippen LogP contribution is -2.61. The van der Waals surface area contributed by atoms with Crippen LogP contribution in [0.15, 0.2) is 30.9 Å². The number of aromatic nitrogens is 2. The first-order chi connectivity index (χ1) is 24.5. The number of carbonyl (C=O) groups is 1. The fourth-order valence-corrected chi connectivity index (χ4v) is 8.36. The van der Waals surface area contributed by atoms with Gasteiger partial charge in [0.25, 0.3) is 0 Å². The van der Waals surface area contributed by atoms with Gasteiger partial charge in [0, 0.05) is 78.9 Å². The number of piperidine rings is 1. The lowest BCUT2D eigenvalue weighted by atomic mass is 9.72. The third-order valence-corrected chi connectivity index (χ3v) is 11.6. The summed E-state index contributed by atoms with van der Waals surface area (Å²) in [4.78, 5) is 28.5. The van der Waals surface area contributed by atoms with Gasteiger partial charge in [0.05, 0.1) is 0 Å². The highest BCUT2D eigenvalue weighted by atomic mass is 19.4. The second-order valence-electron chi connectivity index (χ2n) is 15.1. The molecule has 2 saturated carbocycles. The zero-order chi connectivity index (χ0) is 35.7. The van der Waals surface area contributed by atoms with E-state index in [-0.39, 0.29) is 40.6 Å². The van der Waals surface area contributed by atoms with E-state index in [0.29, 0.717) is 65.8 Å². The minimum Gasteiger partial charge on any atom is -0.481 e. The van der Waals surface area contributed by atoms with Crippen molar-refractivity contribution >= 4 is 34.5 Å². The number of nitrogens with zero attached hydrogens (tertiary/aromatic N) is 5. The first-order valence-electron chi connectivity index (χ1n) is 18.0. The molecule has 270 valence electrons. The molecule has 3 N–H and O–H groups in total. The van der Waals surface area contributed by atoms with E-state index in [0.717, 1.165) is 69.0 Å². The highest BCUT2D eigenvalue weighted by Crippen LogP contribution is 2.53. The molecule has 3 saturated heterocycles. The van der Waals surface area contributed by atoms with Crippen LogP contribution in [0, 0.1) is 17.7 Å². The summed E-state index contributed by atoms with van der Waals surface area (Å²) in [6.45, 7) is 8.86. The predicted molar refractivity (Wildman–Crippen MR) is 190 cm³/mol. The number of alkyl halides is 3. The van der Waals surface area contributed by atoms with Gasteiger partial charge in [-0.3, -0.25) is 4.79 Å². The maximum Gasteiger partial charge on any atom is 0.422 e. The summed E-state index contributed by atoms with van der Waals surface area (Å²) in [6.07, 6.45) is 4.13. The zero-order valence-corrected chi connectivity index (χ0v) is 28.9. The Labute approximate surface area is 295 Å². The third-order valence-electron chi connectivity index (χ3n) is 11.6. The van der Waals surface area contributed by atoms with Gasteiger partial charge in [-0.15, -0.1) is 0 Å². The molecule has 2 aliphatic carbocycles. The van der Waals surface area contributed by atoms with E-state index in [1.165, 1.54) is 12.5 Å². The molecule has 1 amide bonds. The summed E-state index contributed by atoms with van der Waals surface area (Å²) in [6, 6.07) is 6.14. The van der Waals surface area contributed by atoms with E-state index in [9.17, 15) is 18.0 Å². The fourth-order valence-electron chi connectivity index (χ4n) is 8.36. The third kappa shape index (κ3) is 6.27. The van der Waals surface area contributed by atoms with Crippen LogP contribution < -0.4 is 20.1 Å². The van der Waals surface area contributed by atoms with Crippen molar-refractivity contribution in [3.05, 3.63) is 47.5 Å². The fraction of sp³-hybridized carbons (Fsp3) is 0.526. The Bertz CT molecular complexity index is 1890. The summed E-state index contributed by atoms with van der Waals surface area (Å²) in [5, 5.41) is 8.88. The second kappa shape index (κ2) is 12.7. The van der Waals surface area contributed by atoms with Gasteiger partial charge in [0.15, 0.2) is 12.4 Å². The molecule has 8 rings (SSSR count). The Morgan fingerprint density at radius 1 is 1.12 bits per heavy atom. The Morgan fingerprint density at radius 2 is 1.84 bits per heavy atom. The largest absolute Gasteiger partial charge is 0.481 e. The van der Waals surface area contributed by atoms with Crippen molar-refractivity contribution < 1.29 is 27.4 Å². The summed E-state index contributed by atoms with van der Waals surface area (Å²) in [7, 11) is 0. The van der Waals surface area contributed by atoms with Crippen LogP contribution in [0.4, 0.5) is 24.7 Å². The normalized spacial score (nSPS) is 23.0. The molecule has 5 fully saturated rings. The molecular weight excluding hydrogens is 659 g/mol. The van der Waals surface area contributed by atoms with Gasteiger partial charge in [-0.05, 0) is 92.9 Å². The van der Waals surface area contributed by atoms with Crippen molar-refractivity contribution in [3.8, 4) is 22.9 Å². The molecule has 5 aliphatic rings. The maximum atomic E-state index is 14.0. The van der Waals surface area contributed by atoms with Gasteiger partial charge >= 0.3 is 12.2 Å². The number of rotatable bonds is 10. The van der Waals surface area contributed by atoms with Crippen molar-refractivity contribution in [2.45, 2.75) is 76.1 Å². The number of nitrogens with one attached hydrogen (secondary N) is 1. The Kier molecular flexibility index (Phi) is 8.39. The van der Waals surface area contributed by atoms with Crippen LogP contribution in [0.1, 0.15) is 67.6 Å². The van der Waals surface area contributed by atoms with Crippen molar-refractivity contribution in [2.24, 2.45) is 5.41 Å². The van der Waals surface area contributed by atoms with Crippen LogP contribution in [-0.2, 0) is 4.79 Å². The SMILES string of the molecule is C=CC(=O)N1CC2(CCN(c3nc(OC4CC(N5CCC5)C4)nc4c(OCC(F)(F)F)c(-c5c(C)ccc(N)c5C=N)c(C5CC5)cc34)CC2)C1. The van der Waals surface area contributed by atoms with Crippen molar-refractivity contribution in [1.29, 1.82) is 5.41 Å². The molecule has 10 nitrogen and oxygen atoms in total. The lowest BCUT2D eigenvalue weighted by Gasteiger charge is -2.54. The maximum absolute atomic E-state index is 14.0. The van der Waals surface area contributed by atoms with E-state index >= 15 is 0 Å². The number of halogens is 3. The topological polar surface area (TPSA) is 121 Å². The van der Waals surface area contributed by atoms with Gasteiger partial charge in [-0.25, -0.2) is 0 Å². The van der Waals surface area contributed by atoms with Crippen LogP contribution in [0.3, 0.4) is 0 Å². The summed E-state index contributed by atoms with van der Waals surface area (Å²) in [5.74, 6) is 0.663. The number of hydrogen-bond acceptors (Lipinski definition) is 9. The van der Waals surface area contributed by atoms with Crippen molar-refractivity contribution in [1.82, 2.24) is 19.8 Å². The molecule has 0 atom stereocenters. The molecule has 51 heavy (non-hydrogen) atoms. The Hall–Kier alpha value is -4.39. The van der Waals surface area contributed by atoms with Crippen molar-refractivity contribution in [2.75, 3.05) is 56.5 Å². The molecule has 1 spiro atoms. The van der Waals surface area contributed by atoms with E-state index in [2.05, 4.69) is 16.4 Å². The number of likely N-dealkylation sites (tertiary alicyclic amines) is 2. The number of anilines is 2. The van der Waals surface area contributed by atoms with Crippen LogP contribution >= 0.6 is 0 Å². The minimum atomic E-state index is -4.61. The van der Waals surface area contributed by atoms with Crippen molar-refractivity contribution in [3.63, 3.8) is 0 Å². The number of amides is 1. The number of nitrogens with two attached hydrogens (primary N) is 1. The average molecular weight is 704 g/mol. The second-order valence-corrected chi connectivity index (χ2v) is 15.1. The first-order valence-corrected chi connectivity index (χ1v) is 18.0. The van der Waals surface area contributed by atoms with Gasteiger partial charge in [-0.2, -0.15) is 23.1 Å². The summed E-state index contributed by atoms with van der Waals surface area (Å²) in [5.41, 5.74) is 10.1. The van der Waals surface area contributed by atoms with E-state index in [1.807, 2.05) is 24.0 Å². The average Bonchev–Trinajstić information content (AvgIpc) is 3.90. The number of hydrogen-bond donors (Lipinski definition) is 2. The number of aryl methyl sites for hydroxylation is 1. The molecule has 0 radical (unpaired) electrons. The molecule has 3 aromatic rings. The van der Waals surface area contributed by atoms with Crippen LogP contribution in [0.25, 0.3) is 22.0 Å². The minimum absolute atomic E-state index is 0.00939. The standard InChI is InChI=1S/C38H44F3N7O3/c1-3-30(49)48-19-37(20-48)9-13-47(14-10-37)35-27-17-26(23-6-7-23)32(31-22(2)5-8-29(43)28(31)18-42)34(50-21-38(39,40)41)33(27)44-36(45-35)51-25-15-24(16-25)46-11-4-12-46/h3,5,8,17-18,23-25,42H,1,4,6-7,9-16,19-21,43H2,2H3. The Morgan fingerprint density at radius 3 is 2.45 bits per heavy atom. The van der Waals surface area contributed by atoms with Gasteiger partial charge < -0.3 is 35.3 Å². The lowest BCUT2D eigenvalue weighted by molar-refractivity contribution is -0.153. The molecule has 2 aromatic carbocycles. The molecule has 3 aliphatic heterocycles. The summed E-state index contributed by atoms with van der Waals surface area (Å²) < 4.78 is 54.2. The number of ether oxygens (including phenoxy) is 2. The van der Waals surface area contributed by atoms with E-state index in [4.69, 9.17) is 30.6 Å². The molecule has 0 bridgehead atoms. The van der Waals surface area contributed by atoms with Gasteiger partial charge in [-0.1, -0.05) is 12.6 Å². The van der Waals surface area contributed by atoms with Gasteiger partial charge in [0.2, 0.25) is 5.91 Å². The number of benzene rings is 2. The quantitative estimate of drug-likeness (QED) is 0.145. The zero-order valence-electron chi connectivity index (χ0n) is 28.9. The number of fused-ring (bicyclic) bond motifs is 1. The van der Waals surface area contributed by atoms with Crippen LogP contribution in [-0.4, -0.2) is 96.1 Å². The molecule has 4 heterocycles. The molecule has 13 heteroatoms.